The van der Waals surface area contributed by atoms with E-state index in [0.717, 1.165) is 11.0 Å². The van der Waals surface area contributed by atoms with Crippen molar-refractivity contribution in [1.82, 2.24) is 4.90 Å². The minimum absolute atomic E-state index is 0.106. The average Bonchev–Trinajstić information content (AvgIpc) is 2.46. The van der Waals surface area contributed by atoms with Gasteiger partial charge in [-0.3, -0.25) is 14.4 Å². The van der Waals surface area contributed by atoms with E-state index in [0.29, 0.717) is 11.0 Å². The Labute approximate surface area is 120 Å². The van der Waals surface area contributed by atoms with Gasteiger partial charge in [-0.1, -0.05) is 12.1 Å². The van der Waals surface area contributed by atoms with Gasteiger partial charge >= 0.3 is 5.97 Å². The van der Waals surface area contributed by atoms with Crippen molar-refractivity contribution in [1.29, 1.82) is 0 Å². The molecule has 0 saturated carbocycles. The number of fused-ring (bicyclic) bond motifs is 1. The Hall–Kier alpha value is -2.63. The van der Waals surface area contributed by atoms with Crippen LogP contribution in [0.1, 0.15) is 17.5 Å². The zero-order chi connectivity index (χ0) is 15.4. The van der Waals surface area contributed by atoms with Crippen LogP contribution in [0.3, 0.4) is 0 Å². The summed E-state index contributed by atoms with van der Waals surface area (Å²) in [5.74, 6) is -1.17. The van der Waals surface area contributed by atoms with Crippen LogP contribution >= 0.6 is 0 Å². The first-order valence-electron chi connectivity index (χ1n) is 6.47. The lowest BCUT2D eigenvalue weighted by molar-refractivity contribution is -0.143. The van der Waals surface area contributed by atoms with Crippen molar-refractivity contribution in [3.05, 3.63) is 46.3 Å². The maximum absolute atomic E-state index is 12.2. The number of hydrogen-bond donors (Lipinski definition) is 0. The fourth-order valence-electron chi connectivity index (χ4n) is 1.87. The lowest BCUT2D eigenvalue weighted by Crippen LogP contribution is -2.33. The molecule has 0 unspecified atom stereocenters. The molecule has 6 nitrogen and oxygen atoms in total. The molecule has 0 bridgehead atoms. The second-order valence-corrected chi connectivity index (χ2v) is 4.44. The molecule has 1 aromatic heterocycles. The molecular formula is C15H15NO5. The van der Waals surface area contributed by atoms with Crippen LogP contribution in [0.5, 0.6) is 0 Å². The highest BCUT2D eigenvalue weighted by atomic mass is 16.5. The predicted molar refractivity (Wildman–Crippen MR) is 76.1 cm³/mol. The number of para-hydroxylation sites is 1. The molecule has 0 radical (unpaired) electrons. The van der Waals surface area contributed by atoms with E-state index in [-0.39, 0.29) is 24.3 Å². The Balaban J connectivity index is 2.27. The number of ether oxygens (including phenoxy) is 1. The van der Waals surface area contributed by atoms with Gasteiger partial charge in [0.25, 0.3) is 5.91 Å². The SMILES string of the molecule is CCOC(=O)CN(C)C(=O)c1cc(=O)c2ccccc2o1. The smallest absolute Gasteiger partial charge is 0.325 e. The summed E-state index contributed by atoms with van der Waals surface area (Å²) < 4.78 is 10.2. The van der Waals surface area contributed by atoms with Crippen LogP contribution in [0, 0.1) is 0 Å². The first-order chi connectivity index (χ1) is 10.0. The minimum atomic E-state index is -0.550. The molecule has 0 spiro atoms. The van der Waals surface area contributed by atoms with Gasteiger partial charge in [0, 0.05) is 13.1 Å². The fraction of sp³-hybridized carbons (Fsp3) is 0.267. The van der Waals surface area contributed by atoms with Gasteiger partial charge in [-0.05, 0) is 19.1 Å². The number of carbonyl (C=O) groups is 2. The molecular weight excluding hydrogens is 274 g/mol. The average molecular weight is 289 g/mol. The number of rotatable bonds is 4. The summed E-state index contributed by atoms with van der Waals surface area (Å²) in [7, 11) is 1.44. The molecule has 110 valence electrons. The summed E-state index contributed by atoms with van der Waals surface area (Å²) in [6, 6.07) is 7.79. The van der Waals surface area contributed by atoms with E-state index in [9.17, 15) is 14.4 Å². The van der Waals surface area contributed by atoms with Crippen molar-refractivity contribution in [2.45, 2.75) is 6.92 Å². The third kappa shape index (κ3) is 3.28. The number of nitrogens with zero attached hydrogens (tertiary/aromatic N) is 1. The standard InChI is InChI=1S/C15H15NO5/c1-3-20-14(18)9-16(2)15(19)13-8-11(17)10-6-4-5-7-12(10)21-13/h4-8H,3,9H2,1-2H3. The van der Waals surface area contributed by atoms with Crippen LogP contribution in [0.15, 0.2) is 39.5 Å². The van der Waals surface area contributed by atoms with Gasteiger partial charge in [-0.2, -0.15) is 0 Å². The third-order valence-electron chi connectivity index (χ3n) is 2.86. The van der Waals surface area contributed by atoms with Crippen LogP contribution in [0.4, 0.5) is 0 Å². The quantitative estimate of drug-likeness (QED) is 0.796. The van der Waals surface area contributed by atoms with E-state index in [1.54, 1.807) is 31.2 Å². The molecule has 0 aliphatic heterocycles. The second kappa shape index (κ2) is 6.21. The monoisotopic (exact) mass is 289 g/mol. The van der Waals surface area contributed by atoms with Crippen LogP contribution in [0.25, 0.3) is 11.0 Å². The Morgan fingerprint density at radius 3 is 2.71 bits per heavy atom. The summed E-state index contributed by atoms with van der Waals surface area (Å²) in [5.41, 5.74) is 0.0302. The molecule has 0 saturated heterocycles. The van der Waals surface area contributed by atoms with Gasteiger partial charge in [0.2, 0.25) is 0 Å². The largest absolute Gasteiger partial charge is 0.465 e. The molecule has 0 atom stereocenters. The molecule has 2 rings (SSSR count). The summed E-state index contributed by atoms with van der Waals surface area (Å²) in [4.78, 5) is 36.6. The lowest BCUT2D eigenvalue weighted by atomic mass is 10.2. The number of esters is 1. The van der Waals surface area contributed by atoms with Crippen molar-refractivity contribution in [3.8, 4) is 0 Å². The Morgan fingerprint density at radius 2 is 2.00 bits per heavy atom. The molecule has 1 heterocycles. The molecule has 2 aromatic rings. The van der Waals surface area contributed by atoms with E-state index >= 15 is 0 Å². The molecule has 1 amide bonds. The first kappa shape index (κ1) is 14.8. The van der Waals surface area contributed by atoms with E-state index in [4.69, 9.17) is 9.15 Å². The molecule has 1 aromatic carbocycles. The zero-order valence-electron chi connectivity index (χ0n) is 11.8. The van der Waals surface area contributed by atoms with Gasteiger partial charge in [-0.25, -0.2) is 0 Å². The van der Waals surface area contributed by atoms with Crippen molar-refractivity contribution < 1.29 is 18.7 Å². The second-order valence-electron chi connectivity index (χ2n) is 4.44. The van der Waals surface area contributed by atoms with E-state index in [2.05, 4.69) is 0 Å². The normalized spacial score (nSPS) is 10.4. The van der Waals surface area contributed by atoms with Crippen LogP contribution < -0.4 is 5.43 Å². The highest BCUT2D eigenvalue weighted by molar-refractivity contribution is 5.94. The number of amides is 1. The Kier molecular flexibility index (Phi) is 4.37. The molecule has 21 heavy (non-hydrogen) atoms. The van der Waals surface area contributed by atoms with Crippen LogP contribution in [-0.4, -0.2) is 37.0 Å². The predicted octanol–water partition coefficient (Wildman–Crippen LogP) is 1.43. The zero-order valence-corrected chi connectivity index (χ0v) is 11.8. The van der Waals surface area contributed by atoms with Gasteiger partial charge in [0.1, 0.15) is 12.1 Å². The van der Waals surface area contributed by atoms with Crippen LogP contribution in [-0.2, 0) is 9.53 Å². The Bertz CT molecular complexity index is 734. The van der Waals surface area contributed by atoms with E-state index in [1.807, 2.05) is 0 Å². The maximum Gasteiger partial charge on any atom is 0.325 e. The van der Waals surface area contributed by atoms with Crippen LogP contribution in [0.2, 0.25) is 0 Å². The molecule has 0 N–H and O–H groups in total. The van der Waals surface area contributed by atoms with Gasteiger partial charge in [-0.15, -0.1) is 0 Å². The number of likely N-dealkylation sites (N-methyl/N-ethyl adjacent to an activating group) is 1. The number of carbonyl (C=O) groups excluding carboxylic acids is 2. The van der Waals surface area contributed by atoms with Crippen molar-refractivity contribution in [2.75, 3.05) is 20.2 Å². The number of benzene rings is 1. The van der Waals surface area contributed by atoms with Crippen molar-refractivity contribution in [2.24, 2.45) is 0 Å². The highest BCUT2D eigenvalue weighted by Crippen LogP contribution is 2.12. The lowest BCUT2D eigenvalue weighted by Gasteiger charge is -2.15. The first-order valence-corrected chi connectivity index (χ1v) is 6.47. The van der Waals surface area contributed by atoms with Gasteiger partial charge in [0.05, 0.1) is 12.0 Å². The topological polar surface area (TPSA) is 76.8 Å². The molecule has 6 heteroatoms. The van der Waals surface area contributed by atoms with Gasteiger partial charge < -0.3 is 14.1 Å². The minimum Gasteiger partial charge on any atom is -0.465 e. The third-order valence-corrected chi connectivity index (χ3v) is 2.86. The van der Waals surface area contributed by atoms with Gasteiger partial charge in [0.15, 0.2) is 11.2 Å². The summed E-state index contributed by atoms with van der Waals surface area (Å²) in [6.07, 6.45) is 0. The fourth-order valence-corrected chi connectivity index (χ4v) is 1.87. The van der Waals surface area contributed by atoms with E-state index in [1.165, 1.54) is 7.05 Å². The van der Waals surface area contributed by atoms with Crippen molar-refractivity contribution in [3.63, 3.8) is 0 Å². The molecule has 0 aliphatic rings. The summed E-state index contributed by atoms with van der Waals surface area (Å²) >= 11 is 0. The summed E-state index contributed by atoms with van der Waals surface area (Å²) in [6.45, 7) is 1.72. The van der Waals surface area contributed by atoms with E-state index < -0.39 is 11.9 Å². The van der Waals surface area contributed by atoms with Crippen molar-refractivity contribution >= 4 is 22.8 Å². The molecule has 0 fully saturated rings. The highest BCUT2D eigenvalue weighted by Gasteiger charge is 2.19. The molecule has 0 aliphatic carbocycles. The number of hydrogen-bond acceptors (Lipinski definition) is 5. The Morgan fingerprint density at radius 1 is 1.29 bits per heavy atom. The maximum atomic E-state index is 12.2. The summed E-state index contributed by atoms with van der Waals surface area (Å²) in [5, 5.41) is 0.405.